The van der Waals surface area contributed by atoms with Gasteiger partial charge in [-0.2, -0.15) is 0 Å². The lowest BCUT2D eigenvalue weighted by atomic mass is 9.80. The van der Waals surface area contributed by atoms with Gasteiger partial charge in [-0.3, -0.25) is 5.32 Å². The number of methoxy groups -OCH3 is 1. The van der Waals surface area contributed by atoms with E-state index in [0.717, 1.165) is 0 Å². The standard InChI is InChI=1S/C32H45ClN2O15/c1-4-47-31(44)22-17(35-14(2)20(30(43)45-3)21(22)15-7-5-6-8-16(15)33)13-46-10-9-34-29-26(41)25(40)28(19(12-37)48-29)50-32-27(42)24(39)23(38)18(11-36)49-32/h5-8,18-19,21,23-29,32,34-42H,4,9-13H2,1-3H3/t18-,19-,21?,23+,24+,25-,26-,27-,28-,29-,32+/m1/s1. The largest absolute Gasteiger partial charge is 0.466 e. The number of halogens is 1. The molecule has 3 aliphatic heterocycles. The summed E-state index contributed by atoms with van der Waals surface area (Å²) in [6, 6.07) is 6.77. The molecule has 0 saturated carbocycles. The first-order valence-corrected chi connectivity index (χ1v) is 16.4. The number of carbonyl (C=O) groups excluding carboxylic acids is 2. The lowest BCUT2D eigenvalue weighted by molar-refractivity contribution is -0.343. The fourth-order valence-electron chi connectivity index (χ4n) is 6.07. The number of aliphatic hydroxyl groups excluding tert-OH is 7. The molecule has 2 saturated heterocycles. The monoisotopic (exact) mass is 732 g/mol. The average molecular weight is 733 g/mol. The molecule has 17 nitrogen and oxygen atoms in total. The van der Waals surface area contributed by atoms with Gasteiger partial charge in [-0.1, -0.05) is 29.8 Å². The van der Waals surface area contributed by atoms with Crippen molar-refractivity contribution in [1.82, 2.24) is 10.6 Å². The van der Waals surface area contributed by atoms with E-state index in [-0.39, 0.29) is 37.5 Å². The van der Waals surface area contributed by atoms with Crippen LogP contribution in [0.4, 0.5) is 0 Å². The van der Waals surface area contributed by atoms with Gasteiger partial charge in [0.15, 0.2) is 6.29 Å². The number of esters is 2. The molecule has 0 bridgehead atoms. The molecule has 1 aromatic carbocycles. The number of allylic oxidation sites excluding steroid dienone is 1. The lowest BCUT2D eigenvalue weighted by Gasteiger charge is -2.46. The van der Waals surface area contributed by atoms with Crippen molar-refractivity contribution in [2.45, 2.75) is 81.1 Å². The summed E-state index contributed by atoms with van der Waals surface area (Å²) in [7, 11) is 1.23. The number of rotatable bonds is 14. The van der Waals surface area contributed by atoms with Gasteiger partial charge in [-0.25, -0.2) is 9.59 Å². The van der Waals surface area contributed by atoms with Crippen LogP contribution in [0.1, 0.15) is 25.3 Å². The van der Waals surface area contributed by atoms with Crippen molar-refractivity contribution in [3.63, 3.8) is 0 Å². The number of hydrogen-bond donors (Lipinski definition) is 9. The van der Waals surface area contributed by atoms with Gasteiger partial charge in [-0.05, 0) is 25.5 Å². The Morgan fingerprint density at radius 2 is 1.62 bits per heavy atom. The van der Waals surface area contributed by atoms with Crippen molar-refractivity contribution < 1.29 is 73.8 Å². The summed E-state index contributed by atoms with van der Waals surface area (Å²) in [5.74, 6) is -2.30. The minimum atomic E-state index is -1.78. The van der Waals surface area contributed by atoms with Crippen LogP contribution in [0.5, 0.6) is 0 Å². The Labute approximate surface area is 292 Å². The van der Waals surface area contributed by atoms with E-state index < -0.39 is 92.4 Å². The first-order chi connectivity index (χ1) is 23.9. The Hall–Kier alpha value is -2.75. The van der Waals surface area contributed by atoms with Crippen molar-refractivity contribution >= 4 is 23.5 Å². The Bertz CT molecular complexity index is 1390. The first kappa shape index (κ1) is 40.0. The van der Waals surface area contributed by atoms with Gasteiger partial charge in [0.25, 0.3) is 0 Å². The third kappa shape index (κ3) is 8.64. The fourth-order valence-corrected chi connectivity index (χ4v) is 6.31. The van der Waals surface area contributed by atoms with E-state index >= 15 is 0 Å². The normalized spacial score (nSPS) is 33.2. The maximum absolute atomic E-state index is 13.4. The van der Waals surface area contributed by atoms with E-state index in [4.69, 9.17) is 40.0 Å². The zero-order chi connectivity index (χ0) is 36.7. The molecule has 50 heavy (non-hydrogen) atoms. The highest BCUT2D eigenvalue weighted by Crippen LogP contribution is 2.42. The second kappa shape index (κ2) is 18.1. The van der Waals surface area contributed by atoms with Crippen LogP contribution in [0.15, 0.2) is 46.8 Å². The summed E-state index contributed by atoms with van der Waals surface area (Å²) < 4.78 is 32.9. The van der Waals surface area contributed by atoms with E-state index in [1.165, 1.54) is 7.11 Å². The molecule has 1 unspecified atom stereocenters. The van der Waals surface area contributed by atoms with Gasteiger partial charge >= 0.3 is 11.9 Å². The van der Waals surface area contributed by atoms with Gasteiger partial charge < -0.3 is 69.5 Å². The van der Waals surface area contributed by atoms with E-state index in [1.54, 1.807) is 38.1 Å². The molecule has 0 radical (unpaired) electrons. The van der Waals surface area contributed by atoms with E-state index in [9.17, 15) is 45.3 Å². The van der Waals surface area contributed by atoms with Gasteiger partial charge in [-0.15, -0.1) is 0 Å². The van der Waals surface area contributed by atoms with Crippen molar-refractivity contribution in [1.29, 1.82) is 0 Å². The number of nitrogens with one attached hydrogen (secondary N) is 2. The number of hydrogen-bond acceptors (Lipinski definition) is 17. The highest BCUT2D eigenvalue weighted by atomic mass is 35.5. The van der Waals surface area contributed by atoms with Gasteiger partial charge in [0.05, 0.1) is 62.9 Å². The SMILES string of the molecule is CCOC(=O)C1=C(COCCN[C@@H]2O[C@H](CO)[C@@H](O[C@@H]3O[C@H](CO)[C@H](O)[C@H](O)[C@H]3O)[C@H](O)[C@H]2O)NC(C)=C(C(=O)OC)C1c1ccccc1Cl. The molecule has 280 valence electrons. The first-order valence-electron chi connectivity index (χ1n) is 16.0. The molecule has 0 amide bonds. The average Bonchev–Trinajstić information content (AvgIpc) is 3.10. The van der Waals surface area contributed by atoms with Crippen molar-refractivity contribution in [2.75, 3.05) is 46.7 Å². The Morgan fingerprint density at radius 3 is 2.26 bits per heavy atom. The summed E-state index contributed by atoms with van der Waals surface area (Å²) in [4.78, 5) is 26.3. The summed E-state index contributed by atoms with van der Waals surface area (Å²) in [6.07, 6.45) is -15.3. The zero-order valence-electron chi connectivity index (χ0n) is 27.7. The molecule has 3 aliphatic rings. The molecule has 2 fully saturated rings. The van der Waals surface area contributed by atoms with Crippen molar-refractivity contribution in [3.8, 4) is 0 Å². The van der Waals surface area contributed by atoms with Crippen LogP contribution in [0.25, 0.3) is 0 Å². The van der Waals surface area contributed by atoms with Crippen molar-refractivity contribution in [3.05, 3.63) is 57.4 Å². The highest BCUT2D eigenvalue weighted by Gasteiger charge is 2.50. The summed E-state index contributed by atoms with van der Waals surface area (Å²) >= 11 is 6.53. The molecule has 0 aromatic heterocycles. The lowest BCUT2D eigenvalue weighted by Crippen LogP contribution is -2.66. The molecule has 0 aliphatic carbocycles. The van der Waals surface area contributed by atoms with E-state index in [2.05, 4.69) is 10.6 Å². The quantitative estimate of drug-likeness (QED) is 0.0709. The number of carbonyl (C=O) groups is 2. The van der Waals surface area contributed by atoms with Gasteiger partial charge in [0.2, 0.25) is 0 Å². The third-order valence-corrected chi connectivity index (χ3v) is 8.95. The maximum Gasteiger partial charge on any atom is 0.336 e. The van der Waals surface area contributed by atoms with Gasteiger partial charge in [0, 0.05) is 17.3 Å². The Morgan fingerprint density at radius 1 is 0.920 bits per heavy atom. The molecular formula is C32H45ClN2O15. The van der Waals surface area contributed by atoms with Gasteiger partial charge in [0.1, 0.15) is 55.1 Å². The minimum absolute atomic E-state index is 0.0120. The van der Waals surface area contributed by atoms with Crippen LogP contribution in [0.2, 0.25) is 5.02 Å². The smallest absolute Gasteiger partial charge is 0.336 e. The molecule has 11 atom stereocenters. The summed E-state index contributed by atoms with van der Waals surface area (Å²) in [5.41, 5.74) is 1.48. The Kier molecular flexibility index (Phi) is 14.5. The van der Waals surface area contributed by atoms with E-state index in [1.807, 2.05) is 0 Å². The number of ether oxygens (including phenoxy) is 6. The van der Waals surface area contributed by atoms with Crippen molar-refractivity contribution in [2.24, 2.45) is 0 Å². The highest BCUT2D eigenvalue weighted by molar-refractivity contribution is 6.31. The van der Waals surface area contributed by atoms with Crippen LogP contribution >= 0.6 is 11.6 Å². The number of dihydropyridines is 1. The van der Waals surface area contributed by atoms with Crippen LogP contribution in [-0.4, -0.2) is 156 Å². The Balaban J connectivity index is 1.42. The molecule has 1 aromatic rings. The predicted octanol–water partition coefficient (Wildman–Crippen LogP) is -2.48. The molecule has 9 N–H and O–H groups in total. The molecule has 4 rings (SSSR count). The topological polar surface area (TPSA) is 255 Å². The maximum atomic E-state index is 13.4. The minimum Gasteiger partial charge on any atom is -0.466 e. The fraction of sp³-hybridized carbons (Fsp3) is 0.625. The van der Waals surface area contributed by atoms with Crippen LogP contribution in [-0.2, 0) is 38.0 Å². The summed E-state index contributed by atoms with van der Waals surface area (Å²) in [6.45, 7) is 1.85. The van der Waals surface area contributed by atoms with E-state index in [0.29, 0.717) is 22.0 Å². The second-order valence-corrected chi connectivity index (χ2v) is 12.2. The third-order valence-electron chi connectivity index (χ3n) is 8.60. The molecular weight excluding hydrogens is 688 g/mol. The number of aliphatic hydroxyl groups is 7. The second-order valence-electron chi connectivity index (χ2n) is 11.8. The molecule has 3 heterocycles. The van der Waals surface area contributed by atoms with Crippen LogP contribution in [0, 0.1) is 0 Å². The molecule has 0 spiro atoms. The zero-order valence-corrected chi connectivity index (χ0v) is 28.4. The molecule has 18 heteroatoms. The van der Waals surface area contributed by atoms with Crippen LogP contribution < -0.4 is 10.6 Å². The summed E-state index contributed by atoms with van der Waals surface area (Å²) in [5, 5.41) is 77.7. The predicted molar refractivity (Wildman–Crippen MR) is 171 cm³/mol. The number of benzene rings is 1. The van der Waals surface area contributed by atoms with Crippen LogP contribution in [0.3, 0.4) is 0 Å².